The number of unbranched alkanes of at least 4 members (excludes halogenated alkanes) is 2. The van der Waals surface area contributed by atoms with Crippen LogP contribution in [-0.4, -0.2) is 58.0 Å². The number of carbonyl (C=O) groups is 1. The molecule has 1 N–H and O–H groups in total. The van der Waals surface area contributed by atoms with Gasteiger partial charge in [0.25, 0.3) is 0 Å². The molecule has 1 aliphatic rings. The van der Waals surface area contributed by atoms with E-state index in [1.165, 1.54) is 19.3 Å². The summed E-state index contributed by atoms with van der Waals surface area (Å²) < 4.78 is 26.3. The minimum absolute atomic E-state index is 0.0168. The molecule has 0 aliphatic heterocycles. The van der Waals surface area contributed by atoms with E-state index < -0.39 is 12.1 Å². The van der Waals surface area contributed by atoms with Crippen LogP contribution in [0, 0.1) is 11.8 Å². The first kappa shape index (κ1) is 27.1. The van der Waals surface area contributed by atoms with Gasteiger partial charge in [0.2, 0.25) is 0 Å². The molecule has 0 unspecified atom stereocenters. The summed E-state index contributed by atoms with van der Waals surface area (Å²) in [5, 5.41) is 10.6. The third-order valence-corrected chi connectivity index (χ3v) is 5.83. The Bertz CT molecular complexity index is 729. The number of esters is 1. The van der Waals surface area contributed by atoms with Crippen molar-refractivity contribution in [2.75, 3.05) is 34.7 Å². The molecule has 0 heterocycles. The molecule has 2 rings (SSSR count). The molecule has 7 heteroatoms. The van der Waals surface area contributed by atoms with E-state index in [9.17, 15) is 9.90 Å². The number of aliphatic hydroxyl groups is 1. The Labute approximate surface area is 197 Å². The number of carbonyl (C=O) groups excluding carboxylic acids is 1. The fraction of sp³-hybridized carbons (Fsp3) is 0.577. The second-order valence-electron chi connectivity index (χ2n) is 8.19. The number of rotatable bonds is 15. The van der Waals surface area contributed by atoms with Crippen LogP contribution in [0.25, 0.3) is 0 Å². The van der Waals surface area contributed by atoms with Crippen LogP contribution in [0.3, 0.4) is 0 Å². The molecule has 0 spiro atoms. The Morgan fingerprint density at radius 3 is 2.64 bits per heavy atom. The normalized spacial score (nSPS) is 21.6. The summed E-state index contributed by atoms with van der Waals surface area (Å²) in [5.74, 6) is 0.534. The van der Waals surface area contributed by atoms with Gasteiger partial charge in [0.15, 0.2) is 0 Å². The van der Waals surface area contributed by atoms with Crippen LogP contribution in [0.4, 0.5) is 0 Å². The first-order valence-corrected chi connectivity index (χ1v) is 11.5. The predicted molar refractivity (Wildman–Crippen MR) is 126 cm³/mol. The van der Waals surface area contributed by atoms with Crippen LogP contribution < -0.4 is 4.74 Å². The summed E-state index contributed by atoms with van der Waals surface area (Å²) in [5.41, 5.74) is 1.13. The Morgan fingerprint density at radius 2 is 1.94 bits per heavy atom. The zero-order chi connectivity index (χ0) is 23.9. The number of aliphatic hydroxyl groups excluding tert-OH is 1. The Morgan fingerprint density at radius 1 is 1.15 bits per heavy atom. The van der Waals surface area contributed by atoms with E-state index in [-0.39, 0.29) is 24.7 Å². The highest BCUT2D eigenvalue weighted by Gasteiger charge is 2.36. The van der Waals surface area contributed by atoms with Gasteiger partial charge in [0.1, 0.15) is 12.5 Å². The highest BCUT2D eigenvalue weighted by molar-refractivity contribution is 5.81. The van der Waals surface area contributed by atoms with E-state index >= 15 is 0 Å². The largest absolute Gasteiger partial charge is 0.497 e. The van der Waals surface area contributed by atoms with Crippen LogP contribution in [0.5, 0.6) is 5.75 Å². The molecule has 1 aliphatic carbocycles. The molecular formula is C26H38O7. The van der Waals surface area contributed by atoms with Gasteiger partial charge >= 0.3 is 5.97 Å². The van der Waals surface area contributed by atoms with Crippen molar-refractivity contribution in [1.29, 1.82) is 0 Å². The van der Waals surface area contributed by atoms with Gasteiger partial charge in [-0.25, -0.2) is 4.79 Å². The van der Waals surface area contributed by atoms with Crippen molar-refractivity contribution in [3.63, 3.8) is 0 Å². The molecule has 0 saturated heterocycles. The zero-order valence-electron chi connectivity index (χ0n) is 20.0. The molecule has 0 aromatic heterocycles. The van der Waals surface area contributed by atoms with Crippen molar-refractivity contribution in [1.82, 2.24) is 0 Å². The number of ether oxygens (including phenoxy) is 5. The van der Waals surface area contributed by atoms with Crippen LogP contribution >= 0.6 is 0 Å². The minimum atomic E-state index is -0.735. The van der Waals surface area contributed by atoms with Crippen LogP contribution in [0.1, 0.15) is 37.7 Å². The number of methoxy groups -OCH3 is 3. The average Bonchev–Trinajstić information content (AvgIpc) is 3.25. The molecule has 0 amide bonds. The Balaban J connectivity index is 1.72. The monoisotopic (exact) mass is 462 g/mol. The number of benzene rings is 1. The molecular weight excluding hydrogens is 424 g/mol. The number of hydrogen-bond donors (Lipinski definition) is 1. The van der Waals surface area contributed by atoms with E-state index in [4.69, 9.17) is 18.9 Å². The summed E-state index contributed by atoms with van der Waals surface area (Å²) >= 11 is 0. The zero-order valence-corrected chi connectivity index (χ0v) is 20.0. The SMILES string of the molecule is COCO[C@@H]1C[C@@H]([C@@H](O)/C=C/C(=O)OC)[C@H](/C=C/CCCCOCc2ccc(OC)cc2)C1. The van der Waals surface area contributed by atoms with Crippen LogP contribution in [0.2, 0.25) is 0 Å². The average molecular weight is 463 g/mol. The molecule has 1 aromatic rings. The second-order valence-corrected chi connectivity index (χ2v) is 8.19. The number of hydrogen-bond acceptors (Lipinski definition) is 7. The lowest BCUT2D eigenvalue weighted by Gasteiger charge is -2.19. The summed E-state index contributed by atoms with van der Waals surface area (Å²) in [6, 6.07) is 7.90. The number of allylic oxidation sites excluding steroid dienone is 2. The van der Waals surface area contributed by atoms with Crippen LogP contribution in [0.15, 0.2) is 48.6 Å². The maximum absolute atomic E-state index is 11.4. The summed E-state index contributed by atoms with van der Waals surface area (Å²) in [4.78, 5) is 11.4. The van der Waals surface area contributed by atoms with Gasteiger partial charge in [-0.2, -0.15) is 0 Å². The smallest absolute Gasteiger partial charge is 0.330 e. The fourth-order valence-electron chi connectivity index (χ4n) is 4.00. The predicted octanol–water partition coefficient (Wildman–Crippen LogP) is 4.04. The standard InChI is InChI=1S/C26H38O7/c1-29-19-33-23-16-21(24(17-23)25(27)13-14-26(28)31-3)8-6-4-5-7-15-32-18-20-9-11-22(30-2)12-10-20/h6,8-14,21,23-25,27H,4-5,7,15-19H2,1-3H3/b8-6+,14-13+/t21-,23+,24-,25+/m1/s1. The topological polar surface area (TPSA) is 83.5 Å². The van der Waals surface area contributed by atoms with E-state index in [1.807, 2.05) is 24.3 Å². The van der Waals surface area contributed by atoms with Crippen molar-refractivity contribution in [3.8, 4) is 5.75 Å². The molecule has 33 heavy (non-hydrogen) atoms. The van der Waals surface area contributed by atoms with E-state index in [2.05, 4.69) is 16.9 Å². The highest BCUT2D eigenvalue weighted by atomic mass is 16.7. The lowest BCUT2D eigenvalue weighted by atomic mass is 9.90. The third kappa shape index (κ3) is 10.1. The van der Waals surface area contributed by atoms with E-state index in [0.717, 1.165) is 43.6 Å². The summed E-state index contributed by atoms with van der Waals surface area (Å²) in [7, 11) is 4.57. The lowest BCUT2D eigenvalue weighted by Crippen LogP contribution is -2.22. The first-order valence-electron chi connectivity index (χ1n) is 11.5. The Hall–Kier alpha value is -2.19. The molecule has 0 bridgehead atoms. The Kier molecular flexibility index (Phi) is 12.8. The first-order chi connectivity index (χ1) is 16.1. The van der Waals surface area contributed by atoms with Crippen molar-refractivity contribution < 1.29 is 33.6 Å². The maximum atomic E-state index is 11.4. The van der Waals surface area contributed by atoms with Gasteiger partial charge in [-0.1, -0.05) is 24.3 Å². The molecule has 184 valence electrons. The molecule has 1 fully saturated rings. The highest BCUT2D eigenvalue weighted by Crippen LogP contribution is 2.37. The van der Waals surface area contributed by atoms with Crippen molar-refractivity contribution in [2.24, 2.45) is 11.8 Å². The third-order valence-electron chi connectivity index (χ3n) is 5.83. The van der Waals surface area contributed by atoms with Gasteiger partial charge < -0.3 is 28.8 Å². The summed E-state index contributed by atoms with van der Waals surface area (Å²) in [6.07, 6.45) is 10.9. The maximum Gasteiger partial charge on any atom is 0.330 e. The second kappa shape index (κ2) is 15.6. The molecule has 7 nitrogen and oxygen atoms in total. The van der Waals surface area contributed by atoms with Crippen molar-refractivity contribution in [3.05, 3.63) is 54.1 Å². The molecule has 1 saturated carbocycles. The van der Waals surface area contributed by atoms with Gasteiger partial charge in [-0.15, -0.1) is 0 Å². The van der Waals surface area contributed by atoms with Crippen molar-refractivity contribution >= 4 is 5.97 Å². The van der Waals surface area contributed by atoms with E-state index in [1.54, 1.807) is 14.2 Å². The quantitative estimate of drug-likeness (QED) is 0.138. The van der Waals surface area contributed by atoms with Gasteiger partial charge in [-0.05, 0) is 67.7 Å². The van der Waals surface area contributed by atoms with E-state index in [0.29, 0.717) is 13.0 Å². The molecule has 4 atom stereocenters. The molecule has 1 aromatic carbocycles. The lowest BCUT2D eigenvalue weighted by molar-refractivity contribution is -0.134. The van der Waals surface area contributed by atoms with Crippen LogP contribution in [-0.2, 0) is 30.3 Å². The van der Waals surface area contributed by atoms with Crippen molar-refractivity contribution in [2.45, 2.75) is 50.9 Å². The fourth-order valence-corrected chi connectivity index (χ4v) is 4.00. The van der Waals surface area contributed by atoms with Gasteiger partial charge in [-0.3, -0.25) is 0 Å². The van der Waals surface area contributed by atoms with Gasteiger partial charge in [0, 0.05) is 19.8 Å². The molecule has 0 radical (unpaired) electrons. The minimum Gasteiger partial charge on any atom is -0.497 e. The van der Waals surface area contributed by atoms with Gasteiger partial charge in [0.05, 0.1) is 33.0 Å². The summed E-state index contributed by atoms with van der Waals surface area (Å²) in [6.45, 7) is 1.55.